The third-order valence-corrected chi connectivity index (χ3v) is 5.41. The Morgan fingerprint density at radius 3 is 2.46 bits per heavy atom. The minimum Gasteiger partial charge on any atom is -0.378 e. The summed E-state index contributed by atoms with van der Waals surface area (Å²) in [5, 5.41) is 0. The maximum Gasteiger partial charge on any atom is 0.320 e. The summed E-state index contributed by atoms with van der Waals surface area (Å²) in [5.74, 6) is 0.918. The summed E-state index contributed by atoms with van der Waals surface area (Å²) in [6, 6.07) is 7.01. The number of morpholine rings is 1. The van der Waals surface area contributed by atoms with Crippen molar-refractivity contribution in [2.45, 2.75) is 6.54 Å². The quantitative estimate of drug-likeness (QED) is 0.826. The molecule has 0 spiro atoms. The van der Waals surface area contributed by atoms with Gasteiger partial charge in [-0.15, -0.1) is 0 Å². The Morgan fingerprint density at radius 2 is 1.79 bits per heavy atom. The van der Waals surface area contributed by atoms with Gasteiger partial charge in [0.25, 0.3) is 0 Å². The molecule has 3 saturated heterocycles. The third-order valence-electron chi connectivity index (χ3n) is 5.41. The molecule has 130 valence electrons. The van der Waals surface area contributed by atoms with E-state index in [4.69, 9.17) is 4.74 Å². The van der Waals surface area contributed by atoms with Crippen molar-refractivity contribution in [3.63, 3.8) is 0 Å². The number of urea groups is 1. The minimum atomic E-state index is -0.172. The number of carbonyl (C=O) groups excluding carboxylic acids is 1. The van der Waals surface area contributed by atoms with Gasteiger partial charge in [-0.25, -0.2) is 9.18 Å². The monoisotopic (exact) mass is 333 g/mol. The number of ether oxygens (including phenoxy) is 1. The molecular formula is C18H24FN3O2. The maximum absolute atomic E-state index is 13.3. The number of carbonyl (C=O) groups is 1. The Hall–Kier alpha value is -1.66. The van der Waals surface area contributed by atoms with E-state index in [1.54, 1.807) is 12.1 Å². The largest absolute Gasteiger partial charge is 0.378 e. The predicted octanol–water partition coefficient (Wildman–Crippen LogP) is 1.64. The Morgan fingerprint density at radius 1 is 1.08 bits per heavy atom. The van der Waals surface area contributed by atoms with Crippen LogP contribution < -0.4 is 0 Å². The Kier molecular flexibility index (Phi) is 4.41. The highest BCUT2D eigenvalue weighted by Crippen LogP contribution is 2.32. The molecule has 3 aliphatic heterocycles. The van der Waals surface area contributed by atoms with Crippen LogP contribution in [0.4, 0.5) is 9.18 Å². The van der Waals surface area contributed by atoms with E-state index >= 15 is 0 Å². The normalized spacial score (nSPS) is 27.5. The predicted molar refractivity (Wildman–Crippen MR) is 88.0 cm³/mol. The van der Waals surface area contributed by atoms with Crippen molar-refractivity contribution in [3.05, 3.63) is 35.6 Å². The minimum absolute atomic E-state index is 0.171. The van der Waals surface area contributed by atoms with Crippen LogP contribution in [0.2, 0.25) is 0 Å². The molecule has 0 unspecified atom stereocenters. The number of hydrogen-bond acceptors (Lipinski definition) is 3. The second-order valence-corrected chi connectivity index (χ2v) is 7.13. The van der Waals surface area contributed by atoms with Crippen molar-refractivity contribution in [3.8, 4) is 0 Å². The molecule has 3 heterocycles. The third kappa shape index (κ3) is 3.26. The van der Waals surface area contributed by atoms with Gasteiger partial charge in [0.05, 0.1) is 13.2 Å². The van der Waals surface area contributed by atoms with Gasteiger partial charge in [-0.2, -0.15) is 0 Å². The average Bonchev–Trinajstić information content (AvgIpc) is 3.13. The van der Waals surface area contributed by atoms with Gasteiger partial charge in [0.15, 0.2) is 0 Å². The van der Waals surface area contributed by atoms with E-state index in [0.29, 0.717) is 38.1 Å². The van der Waals surface area contributed by atoms with E-state index < -0.39 is 0 Å². The zero-order chi connectivity index (χ0) is 16.5. The smallest absolute Gasteiger partial charge is 0.320 e. The van der Waals surface area contributed by atoms with Crippen LogP contribution in [0.5, 0.6) is 0 Å². The molecule has 4 rings (SSSR count). The van der Waals surface area contributed by atoms with Crippen molar-refractivity contribution in [2.24, 2.45) is 11.8 Å². The van der Waals surface area contributed by atoms with Gasteiger partial charge in [0, 0.05) is 45.8 Å². The fourth-order valence-electron chi connectivity index (χ4n) is 4.22. The van der Waals surface area contributed by atoms with Crippen LogP contribution in [0.3, 0.4) is 0 Å². The highest BCUT2D eigenvalue weighted by atomic mass is 19.1. The lowest BCUT2D eigenvalue weighted by molar-refractivity contribution is 0.0443. The molecule has 2 amide bonds. The van der Waals surface area contributed by atoms with Crippen LogP contribution in [0, 0.1) is 17.7 Å². The number of halogens is 1. The number of likely N-dealkylation sites (tertiary alicyclic amines) is 2. The van der Waals surface area contributed by atoms with Crippen LogP contribution in [-0.2, 0) is 11.3 Å². The fraction of sp³-hybridized carbons (Fsp3) is 0.611. The number of amides is 2. The van der Waals surface area contributed by atoms with Gasteiger partial charge in [-0.05, 0) is 29.5 Å². The molecule has 24 heavy (non-hydrogen) atoms. The Bertz CT molecular complexity index is 592. The molecule has 2 atom stereocenters. The zero-order valence-electron chi connectivity index (χ0n) is 13.9. The number of nitrogens with zero attached hydrogens (tertiary/aromatic N) is 3. The molecule has 3 aliphatic rings. The summed E-state index contributed by atoms with van der Waals surface area (Å²) in [7, 11) is 0. The highest BCUT2D eigenvalue weighted by molar-refractivity contribution is 5.75. The Balaban J connectivity index is 1.31. The lowest BCUT2D eigenvalue weighted by atomic mass is 10.0. The van der Waals surface area contributed by atoms with E-state index in [1.807, 2.05) is 15.9 Å². The number of benzene rings is 1. The summed E-state index contributed by atoms with van der Waals surface area (Å²) < 4.78 is 18.6. The fourth-order valence-corrected chi connectivity index (χ4v) is 4.22. The second kappa shape index (κ2) is 6.69. The van der Waals surface area contributed by atoms with E-state index in [1.165, 1.54) is 6.07 Å². The van der Waals surface area contributed by atoms with Gasteiger partial charge >= 0.3 is 6.03 Å². The van der Waals surface area contributed by atoms with Gasteiger partial charge in [0.2, 0.25) is 0 Å². The summed E-state index contributed by atoms with van der Waals surface area (Å²) in [6.45, 7) is 7.18. The van der Waals surface area contributed by atoms with Crippen molar-refractivity contribution >= 4 is 6.03 Å². The summed E-state index contributed by atoms with van der Waals surface area (Å²) in [4.78, 5) is 18.9. The molecule has 0 aromatic heterocycles. The van der Waals surface area contributed by atoms with Crippen LogP contribution in [-0.4, -0.2) is 73.2 Å². The molecule has 0 aliphatic carbocycles. The van der Waals surface area contributed by atoms with E-state index in [2.05, 4.69) is 4.90 Å². The second-order valence-electron chi connectivity index (χ2n) is 7.13. The summed E-state index contributed by atoms with van der Waals surface area (Å²) >= 11 is 0. The van der Waals surface area contributed by atoms with Crippen LogP contribution in [0.15, 0.2) is 24.3 Å². The highest BCUT2D eigenvalue weighted by Gasteiger charge is 2.42. The number of rotatable bonds is 2. The lowest BCUT2D eigenvalue weighted by Crippen LogP contribution is -2.48. The molecule has 1 aromatic carbocycles. The van der Waals surface area contributed by atoms with Gasteiger partial charge in [0.1, 0.15) is 5.82 Å². The molecule has 0 saturated carbocycles. The molecule has 3 fully saturated rings. The SMILES string of the molecule is O=C(N1CCOCC1)N1C[C@H]2CN(Cc3cccc(F)c3)C[C@H]2C1. The van der Waals surface area contributed by atoms with Crippen LogP contribution in [0.1, 0.15) is 5.56 Å². The number of fused-ring (bicyclic) bond motifs is 1. The molecular weight excluding hydrogens is 309 g/mol. The first-order chi connectivity index (χ1) is 11.7. The molecule has 0 N–H and O–H groups in total. The van der Waals surface area contributed by atoms with E-state index in [-0.39, 0.29) is 11.8 Å². The molecule has 5 nitrogen and oxygen atoms in total. The standard InChI is InChI=1S/C18H24FN3O2/c19-17-3-1-2-14(8-17)9-20-10-15-12-22(13-16(15)11-20)18(23)21-4-6-24-7-5-21/h1-3,8,15-16H,4-7,9-13H2/t15-,16+. The Labute approximate surface area is 142 Å². The topological polar surface area (TPSA) is 36.0 Å². The zero-order valence-corrected chi connectivity index (χ0v) is 13.9. The molecule has 6 heteroatoms. The van der Waals surface area contributed by atoms with E-state index in [0.717, 1.165) is 38.3 Å². The first-order valence-electron chi connectivity index (χ1n) is 8.77. The average molecular weight is 333 g/mol. The summed E-state index contributed by atoms with van der Waals surface area (Å²) in [6.07, 6.45) is 0. The molecule has 0 radical (unpaired) electrons. The van der Waals surface area contributed by atoms with Gasteiger partial charge in [-0.3, -0.25) is 4.90 Å². The van der Waals surface area contributed by atoms with Crippen molar-refractivity contribution < 1.29 is 13.9 Å². The first-order valence-corrected chi connectivity index (χ1v) is 8.77. The lowest BCUT2D eigenvalue weighted by Gasteiger charge is -2.31. The van der Waals surface area contributed by atoms with Crippen LogP contribution >= 0.6 is 0 Å². The molecule has 1 aromatic rings. The van der Waals surface area contributed by atoms with E-state index in [9.17, 15) is 9.18 Å². The van der Waals surface area contributed by atoms with Gasteiger partial charge in [-0.1, -0.05) is 12.1 Å². The van der Waals surface area contributed by atoms with Crippen molar-refractivity contribution in [1.82, 2.24) is 14.7 Å². The molecule has 0 bridgehead atoms. The van der Waals surface area contributed by atoms with Crippen molar-refractivity contribution in [1.29, 1.82) is 0 Å². The van der Waals surface area contributed by atoms with Crippen molar-refractivity contribution in [2.75, 3.05) is 52.5 Å². The first kappa shape index (κ1) is 15.8. The van der Waals surface area contributed by atoms with Gasteiger partial charge < -0.3 is 14.5 Å². The van der Waals surface area contributed by atoms with Crippen LogP contribution in [0.25, 0.3) is 0 Å². The number of hydrogen-bond donors (Lipinski definition) is 0. The maximum atomic E-state index is 13.3. The summed E-state index contributed by atoms with van der Waals surface area (Å²) in [5.41, 5.74) is 1.02.